The van der Waals surface area contributed by atoms with Crippen molar-refractivity contribution in [3.05, 3.63) is 53.9 Å². The summed E-state index contributed by atoms with van der Waals surface area (Å²) in [5.41, 5.74) is 0.454. The van der Waals surface area contributed by atoms with Crippen molar-refractivity contribution >= 4 is 29.3 Å². The highest BCUT2D eigenvalue weighted by Gasteiger charge is 2.30. The first kappa shape index (κ1) is 29.2. The van der Waals surface area contributed by atoms with Crippen LogP contribution in [0.3, 0.4) is 0 Å². The summed E-state index contributed by atoms with van der Waals surface area (Å²) in [6.45, 7) is 4.00. The van der Waals surface area contributed by atoms with E-state index in [9.17, 15) is 18.0 Å². The van der Waals surface area contributed by atoms with Crippen LogP contribution in [0.1, 0.15) is 82.4 Å². The quantitative estimate of drug-likeness (QED) is 0.209. The van der Waals surface area contributed by atoms with Crippen LogP contribution in [0.4, 0.5) is 41.2 Å². The number of nitrogens with one attached hydrogen (secondary N) is 5. The van der Waals surface area contributed by atoms with Gasteiger partial charge in [0.2, 0.25) is 5.95 Å². The minimum atomic E-state index is -4.46. The second kappa shape index (κ2) is 13.5. The van der Waals surface area contributed by atoms with Gasteiger partial charge in [0.25, 0.3) is 0 Å². The minimum Gasteiger partial charge on any atom is -0.351 e. The number of H-pyrrole nitrogens is 1. The molecule has 40 heavy (non-hydrogen) atoms. The Labute approximate surface area is 232 Å². The van der Waals surface area contributed by atoms with E-state index in [1.807, 2.05) is 19.9 Å². The Morgan fingerprint density at radius 3 is 2.40 bits per heavy atom. The molecule has 5 rings (SSSR count). The van der Waals surface area contributed by atoms with E-state index in [1.54, 1.807) is 12.3 Å². The highest BCUT2D eigenvalue weighted by atomic mass is 19.4. The summed E-state index contributed by atoms with van der Waals surface area (Å²) in [5.74, 6) is 2.44. The minimum absolute atomic E-state index is 0.0681. The van der Waals surface area contributed by atoms with Gasteiger partial charge >= 0.3 is 12.2 Å². The number of halogens is 3. The van der Waals surface area contributed by atoms with Crippen LogP contribution in [0, 0.1) is 0 Å². The van der Waals surface area contributed by atoms with E-state index in [1.165, 1.54) is 37.8 Å². The van der Waals surface area contributed by atoms with E-state index in [4.69, 9.17) is 0 Å². The van der Waals surface area contributed by atoms with E-state index < -0.39 is 17.8 Å². The molecule has 5 N–H and O–H groups in total. The molecule has 2 amide bonds. The van der Waals surface area contributed by atoms with E-state index in [0.29, 0.717) is 17.7 Å². The molecular formula is C28H37F3N8O. The molecule has 0 bridgehead atoms. The molecule has 1 aromatic carbocycles. The lowest BCUT2D eigenvalue weighted by Crippen LogP contribution is -2.42. The number of hydrogen-bond donors (Lipinski definition) is 5. The van der Waals surface area contributed by atoms with Gasteiger partial charge in [-0.05, 0) is 62.8 Å². The molecule has 3 aromatic rings. The third kappa shape index (κ3) is 8.09. The van der Waals surface area contributed by atoms with Gasteiger partial charge in [0.05, 0.1) is 5.56 Å². The molecule has 0 atom stereocenters. The maximum absolute atomic E-state index is 12.9. The zero-order valence-electron chi connectivity index (χ0n) is 22.8. The molecule has 9 nitrogen and oxygen atoms in total. The third-order valence-corrected chi connectivity index (χ3v) is 7.15. The van der Waals surface area contributed by atoms with Gasteiger partial charge in [-0.3, -0.25) is 5.10 Å². The van der Waals surface area contributed by atoms with Gasteiger partial charge in [0.1, 0.15) is 5.82 Å². The Bertz CT molecular complexity index is 1230. The largest absolute Gasteiger partial charge is 0.416 e. The maximum Gasteiger partial charge on any atom is 0.416 e. The fourth-order valence-electron chi connectivity index (χ4n) is 5.17. The summed E-state index contributed by atoms with van der Waals surface area (Å²) in [6, 6.07) is 7.99. The monoisotopic (exact) mass is 558 g/mol. The van der Waals surface area contributed by atoms with Gasteiger partial charge in [-0.25, -0.2) is 9.78 Å². The summed E-state index contributed by atoms with van der Waals surface area (Å²) in [5, 5.41) is 19.5. The Morgan fingerprint density at radius 2 is 1.68 bits per heavy atom. The maximum atomic E-state index is 12.9. The average molecular weight is 559 g/mol. The Kier molecular flexibility index (Phi) is 9.84. The zero-order chi connectivity index (χ0) is 28.5. The van der Waals surface area contributed by atoms with Crippen LogP contribution in [0.5, 0.6) is 0 Å². The summed E-state index contributed by atoms with van der Waals surface area (Å²) >= 11 is 0. The van der Waals surface area contributed by atoms with E-state index in [-0.39, 0.29) is 17.8 Å². The highest BCUT2D eigenvalue weighted by molar-refractivity contribution is 5.89. The number of rotatable bonds is 7. The first-order valence-electron chi connectivity index (χ1n) is 14.0. The molecule has 2 aliphatic carbocycles. The summed E-state index contributed by atoms with van der Waals surface area (Å²) in [4.78, 5) is 21.2. The van der Waals surface area contributed by atoms with Crippen molar-refractivity contribution in [2.45, 2.75) is 89.4 Å². The van der Waals surface area contributed by atoms with Crippen LogP contribution in [0.25, 0.3) is 0 Å². The topological polar surface area (TPSA) is 120 Å². The normalized spacial score (nSPS) is 19.3. The molecule has 2 aliphatic rings. The van der Waals surface area contributed by atoms with Gasteiger partial charge in [0.15, 0.2) is 5.82 Å². The number of urea groups is 1. The van der Waals surface area contributed by atoms with Crippen molar-refractivity contribution in [1.82, 2.24) is 25.5 Å². The van der Waals surface area contributed by atoms with Crippen LogP contribution >= 0.6 is 0 Å². The van der Waals surface area contributed by atoms with E-state index >= 15 is 0 Å². The first-order chi connectivity index (χ1) is 19.3. The number of aromatic nitrogens is 4. The number of alkyl halides is 3. The molecule has 2 aromatic heterocycles. The number of hydrogen-bond acceptors (Lipinski definition) is 6. The molecule has 0 unspecified atom stereocenters. The van der Waals surface area contributed by atoms with Crippen molar-refractivity contribution in [3.63, 3.8) is 0 Å². The smallest absolute Gasteiger partial charge is 0.351 e. The SMILES string of the molecule is CC.O=C(Nc1cccc(C(F)(F)F)c1)NC1CCC(Nc2nccc(Nc3cc(C4CCCC4)[nH]n3)n2)CC1. The molecule has 2 heterocycles. The van der Waals surface area contributed by atoms with Crippen LogP contribution in [0.2, 0.25) is 0 Å². The van der Waals surface area contributed by atoms with Crippen LogP contribution < -0.4 is 21.3 Å². The number of amides is 2. The van der Waals surface area contributed by atoms with Crippen LogP contribution in [0.15, 0.2) is 42.6 Å². The molecule has 0 radical (unpaired) electrons. The zero-order valence-corrected chi connectivity index (χ0v) is 22.8. The molecule has 0 aliphatic heterocycles. The predicted octanol–water partition coefficient (Wildman–Crippen LogP) is 7.19. The first-order valence-corrected chi connectivity index (χ1v) is 14.0. The van der Waals surface area contributed by atoms with Crippen molar-refractivity contribution in [1.29, 1.82) is 0 Å². The van der Waals surface area contributed by atoms with Crippen molar-refractivity contribution in [2.24, 2.45) is 0 Å². The lowest BCUT2D eigenvalue weighted by Gasteiger charge is -2.29. The Balaban J connectivity index is 0.00000181. The average Bonchev–Trinajstić information content (AvgIpc) is 3.64. The third-order valence-electron chi connectivity index (χ3n) is 7.15. The lowest BCUT2D eigenvalue weighted by molar-refractivity contribution is -0.137. The van der Waals surface area contributed by atoms with Crippen molar-refractivity contribution < 1.29 is 18.0 Å². The van der Waals surface area contributed by atoms with Crippen molar-refractivity contribution in [3.8, 4) is 0 Å². The molecular weight excluding hydrogens is 521 g/mol. The fraction of sp³-hybridized carbons (Fsp3) is 0.500. The Hall–Kier alpha value is -3.83. The number of anilines is 4. The van der Waals surface area contributed by atoms with Gasteiger partial charge in [-0.15, -0.1) is 0 Å². The van der Waals surface area contributed by atoms with Gasteiger partial charge in [0, 0.05) is 41.6 Å². The van der Waals surface area contributed by atoms with E-state index in [2.05, 4.69) is 41.4 Å². The summed E-state index contributed by atoms with van der Waals surface area (Å²) in [6.07, 6.45) is 5.18. The standard InChI is InChI=1S/C26H31F3N8O.C2H6/c27-26(28,29)17-6-3-7-20(14-17)33-25(38)32-19-10-8-18(9-11-19)31-24-30-13-12-22(35-24)34-23-15-21(36-37-23)16-4-1-2-5-16;1-2/h3,6-7,12-16,18-19H,1-2,4-5,8-11H2,(H2,32,33,38)(H3,30,31,34,35,36,37);1-2H3. The second-order valence-electron chi connectivity index (χ2n) is 9.95. The number of benzene rings is 1. The molecule has 0 spiro atoms. The molecule has 2 fully saturated rings. The second-order valence-corrected chi connectivity index (χ2v) is 9.95. The molecule has 2 saturated carbocycles. The number of carbonyl (C=O) groups excluding carboxylic acids is 1. The Morgan fingerprint density at radius 1 is 0.950 bits per heavy atom. The van der Waals surface area contributed by atoms with Gasteiger partial charge < -0.3 is 21.3 Å². The van der Waals surface area contributed by atoms with Crippen LogP contribution in [-0.4, -0.2) is 38.3 Å². The van der Waals surface area contributed by atoms with Crippen LogP contribution in [-0.2, 0) is 6.18 Å². The predicted molar refractivity (Wildman–Crippen MR) is 150 cm³/mol. The lowest BCUT2D eigenvalue weighted by atomic mass is 9.91. The fourth-order valence-corrected chi connectivity index (χ4v) is 5.17. The molecule has 216 valence electrons. The van der Waals surface area contributed by atoms with Gasteiger partial charge in [-0.2, -0.15) is 23.3 Å². The summed E-state index contributed by atoms with van der Waals surface area (Å²) in [7, 11) is 0. The molecule has 0 saturated heterocycles. The number of aromatic amines is 1. The van der Waals surface area contributed by atoms with E-state index in [0.717, 1.165) is 49.3 Å². The number of carbonyl (C=O) groups is 1. The molecule has 12 heteroatoms. The van der Waals surface area contributed by atoms with Crippen molar-refractivity contribution in [2.75, 3.05) is 16.0 Å². The highest BCUT2D eigenvalue weighted by Crippen LogP contribution is 2.34. The number of nitrogens with zero attached hydrogens (tertiary/aromatic N) is 3. The summed E-state index contributed by atoms with van der Waals surface area (Å²) < 4.78 is 38.7. The van der Waals surface area contributed by atoms with Gasteiger partial charge in [-0.1, -0.05) is 32.8 Å².